The number of esters is 2. The summed E-state index contributed by atoms with van der Waals surface area (Å²) in [6.45, 7) is 11.1. The number of nitrogens with two attached hydrogens (primary N) is 1. The van der Waals surface area contributed by atoms with Crippen molar-refractivity contribution in [3.63, 3.8) is 0 Å². The van der Waals surface area contributed by atoms with Gasteiger partial charge in [-0.25, -0.2) is 9.59 Å². The van der Waals surface area contributed by atoms with Crippen LogP contribution in [0.4, 0.5) is 9.59 Å². The predicted octanol–water partition coefficient (Wildman–Crippen LogP) is 5.34. The van der Waals surface area contributed by atoms with Crippen molar-refractivity contribution in [1.29, 1.82) is 0 Å². The van der Waals surface area contributed by atoms with E-state index in [0.717, 1.165) is 32.1 Å². The van der Waals surface area contributed by atoms with Crippen LogP contribution in [-0.4, -0.2) is 55.7 Å². The summed E-state index contributed by atoms with van der Waals surface area (Å²) < 4.78 is 31.6. The lowest BCUT2D eigenvalue weighted by Gasteiger charge is -2.26. The van der Waals surface area contributed by atoms with Crippen LogP contribution in [0.1, 0.15) is 79.2 Å². The van der Waals surface area contributed by atoms with Gasteiger partial charge >= 0.3 is 24.2 Å². The summed E-state index contributed by atoms with van der Waals surface area (Å²) in [5, 5.41) is 0. The van der Waals surface area contributed by atoms with E-state index in [4.69, 9.17) is 34.2 Å². The number of hydrogen-bond donors (Lipinski definition) is 1. The van der Waals surface area contributed by atoms with Gasteiger partial charge in [-0.3, -0.25) is 9.59 Å². The molecule has 3 atom stereocenters. The molecule has 11 nitrogen and oxygen atoms in total. The van der Waals surface area contributed by atoms with E-state index in [2.05, 4.69) is 0 Å². The Morgan fingerprint density at radius 2 is 1.32 bits per heavy atom. The van der Waals surface area contributed by atoms with Crippen molar-refractivity contribution in [3.05, 3.63) is 23.8 Å². The highest BCUT2D eigenvalue weighted by molar-refractivity contribution is 5.76. The van der Waals surface area contributed by atoms with Crippen LogP contribution in [0, 0.1) is 17.8 Å². The first kappa shape index (κ1) is 33.9. The van der Waals surface area contributed by atoms with Gasteiger partial charge in [-0.2, -0.15) is 0 Å². The van der Waals surface area contributed by atoms with Crippen molar-refractivity contribution in [3.8, 4) is 11.5 Å². The maximum atomic E-state index is 12.7. The van der Waals surface area contributed by atoms with Gasteiger partial charge in [0.05, 0.1) is 19.1 Å². The van der Waals surface area contributed by atoms with Crippen molar-refractivity contribution in [2.45, 2.75) is 98.3 Å². The highest BCUT2D eigenvalue weighted by Gasteiger charge is 2.28. The smallest absolute Gasteiger partial charge is 0.459 e. The molecule has 0 radical (unpaired) electrons. The Labute approximate surface area is 242 Å². The third-order valence-electron chi connectivity index (χ3n) is 6.43. The van der Waals surface area contributed by atoms with Crippen molar-refractivity contribution in [2.75, 3.05) is 13.2 Å². The molecule has 1 saturated carbocycles. The van der Waals surface area contributed by atoms with E-state index in [1.807, 2.05) is 27.7 Å². The Kier molecular flexibility index (Phi) is 13.9. The molecular weight excluding hydrogens is 534 g/mol. The molecule has 0 spiro atoms. The van der Waals surface area contributed by atoms with Crippen LogP contribution in [-0.2, 0) is 35.0 Å². The Balaban J connectivity index is 2.02. The summed E-state index contributed by atoms with van der Waals surface area (Å²) in [4.78, 5) is 49.5. The third kappa shape index (κ3) is 12.4. The van der Waals surface area contributed by atoms with Crippen LogP contribution in [0.2, 0.25) is 0 Å². The van der Waals surface area contributed by atoms with Crippen LogP contribution >= 0.6 is 0 Å². The monoisotopic (exact) mass is 579 g/mol. The van der Waals surface area contributed by atoms with Crippen LogP contribution < -0.4 is 15.2 Å². The third-order valence-corrected chi connectivity index (χ3v) is 6.43. The van der Waals surface area contributed by atoms with E-state index in [-0.39, 0.29) is 54.9 Å². The summed E-state index contributed by atoms with van der Waals surface area (Å²) in [5.74, 6) is -1.05. The summed E-state index contributed by atoms with van der Waals surface area (Å²) >= 11 is 0. The minimum atomic E-state index is -1.07. The minimum absolute atomic E-state index is 0.0251. The largest absolute Gasteiger partial charge is 0.513 e. The topological polar surface area (TPSA) is 150 Å². The molecule has 41 heavy (non-hydrogen) atoms. The number of hydrogen-bond acceptors (Lipinski definition) is 11. The molecule has 0 aliphatic heterocycles. The van der Waals surface area contributed by atoms with Crippen LogP contribution in [0.25, 0.3) is 0 Å². The molecule has 1 aliphatic carbocycles. The van der Waals surface area contributed by atoms with Crippen LogP contribution in [0.3, 0.4) is 0 Å². The maximum Gasteiger partial charge on any atom is 0.513 e. The van der Waals surface area contributed by atoms with E-state index in [1.54, 1.807) is 19.9 Å². The quantitative estimate of drug-likeness (QED) is 0.183. The van der Waals surface area contributed by atoms with Crippen molar-refractivity contribution in [2.24, 2.45) is 23.5 Å². The molecule has 230 valence electrons. The molecule has 2 N–H and O–H groups in total. The molecule has 1 fully saturated rings. The van der Waals surface area contributed by atoms with E-state index >= 15 is 0 Å². The van der Waals surface area contributed by atoms with E-state index < -0.39 is 36.5 Å². The van der Waals surface area contributed by atoms with Gasteiger partial charge in [0.15, 0.2) is 11.5 Å². The van der Waals surface area contributed by atoms with Gasteiger partial charge in [0.2, 0.25) is 0 Å². The average Bonchev–Trinajstić information content (AvgIpc) is 2.92. The molecule has 1 aliphatic rings. The van der Waals surface area contributed by atoms with Gasteiger partial charge in [-0.15, -0.1) is 0 Å². The molecule has 0 heterocycles. The van der Waals surface area contributed by atoms with Crippen LogP contribution in [0.5, 0.6) is 11.5 Å². The second-order valence-electron chi connectivity index (χ2n) is 11.3. The Bertz CT molecular complexity index is 1020. The van der Waals surface area contributed by atoms with Gasteiger partial charge < -0.3 is 34.2 Å². The molecule has 1 aromatic carbocycles. The fraction of sp³-hybridized carbons (Fsp3) is 0.667. The zero-order valence-corrected chi connectivity index (χ0v) is 25.0. The first-order valence-corrected chi connectivity index (χ1v) is 14.3. The molecule has 0 aromatic heterocycles. The van der Waals surface area contributed by atoms with Gasteiger partial charge in [-0.05, 0) is 62.6 Å². The molecule has 0 unspecified atom stereocenters. The standard InChI is InChI=1S/C30H45NO10/c1-18(2)16-36-29(34)40-25-13-12-22(15-26(25)41-30(35)37-17-19(3)4)14-24(31)28(33)39-21(6)20(5)38-27(32)23-10-8-7-9-11-23/h12-13,15,18-21,23-24H,7-11,14,16-17,31H2,1-6H3/t20-,21-,24-/m0/s1. The normalized spacial score (nSPS) is 15.9. The number of ether oxygens (including phenoxy) is 6. The highest BCUT2D eigenvalue weighted by atomic mass is 16.7. The zero-order chi connectivity index (χ0) is 30.5. The SMILES string of the molecule is CC(C)COC(=O)Oc1ccc(C[C@H](N)C(=O)O[C@@H](C)[C@H](C)OC(=O)C2CCCCC2)cc1OC(=O)OCC(C)C. The fourth-order valence-electron chi connectivity index (χ4n) is 3.97. The molecule has 0 bridgehead atoms. The summed E-state index contributed by atoms with van der Waals surface area (Å²) in [7, 11) is 0. The average molecular weight is 580 g/mol. The van der Waals surface area contributed by atoms with Gasteiger partial charge in [0.25, 0.3) is 0 Å². The van der Waals surface area contributed by atoms with Gasteiger partial charge in [0, 0.05) is 0 Å². The highest BCUT2D eigenvalue weighted by Crippen LogP contribution is 2.30. The van der Waals surface area contributed by atoms with Crippen molar-refractivity contribution >= 4 is 24.2 Å². The number of benzene rings is 1. The van der Waals surface area contributed by atoms with E-state index in [0.29, 0.717) is 5.56 Å². The predicted molar refractivity (Wildman–Crippen MR) is 149 cm³/mol. The Morgan fingerprint density at radius 3 is 1.88 bits per heavy atom. The van der Waals surface area contributed by atoms with E-state index in [9.17, 15) is 19.2 Å². The van der Waals surface area contributed by atoms with Gasteiger partial charge in [0.1, 0.15) is 18.2 Å². The molecule has 0 amide bonds. The molecule has 1 aromatic rings. The lowest BCUT2D eigenvalue weighted by molar-refractivity contribution is -0.169. The Hall–Kier alpha value is -3.34. The first-order chi connectivity index (χ1) is 19.3. The summed E-state index contributed by atoms with van der Waals surface area (Å²) in [6, 6.07) is 3.34. The van der Waals surface area contributed by atoms with Crippen molar-refractivity contribution < 1.29 is 47.6 Å². The number of carbonyl (C=O) groups excluding carboxylic acids is 4. The maximum absolute atomic E-state index is 12.7. The van der Waals surface area contributed by atoms with Crippen LogP contribution in [0.15, 0.2) is 18.2 Å². The fourth-order valence-corrected chi connectivity index (χ4v) is 3.97. The first-order valence-electron chi connectivity index (χ1n) is 14.3. The lowest BCUT2D eigenvalue weighted by atomic mass is 9.89. The second-order valence-corrected chi connectivity index (χ2v) is 11.3. The minimum Gasteiger partial charge on any atom is -0.459 e. The molecule has 11 heteroatoms. The lowest BCUT2D eigenvalue weighted by Crippen LogP contribution is -2.40. The second kappa shape index (κ2) is 16.8. The summed E-state index contributed by atoms with van der Waals surface area (Å²) in [6.07, 6.45) is 1.52. The van der Waals surface area contributed by atoms with Gasteiger partial charge in [-0.1, -0.05) is 53.0 Å². The zero-order valence-electron chi connectivity index (χ0n) is 25.0. The van der Waals surface area contributed by atoms with Crippen molar-refractivity contribution in [1.82, 2.24) is 0 Å². The summed E-state index contributed by atoms with van der Waals surface area (Å²) in [5.41, 5.74) is 6.62. The molecular formula is C30H45NO10. The Morgan fingerprint density at radius 1 is 0.780 bits per heavy atom. The number of rotatable bonds is 13. The molecule has 0 saturated heterocycles. The number of carbonyl (C=O) groups is 4. The van der Waals surface area contributed by atoms with E-state index in [1.165, 1.54) is 12.1 Å². The molecule has 2 rings (SSSR count).